The summed E-state index contributed by atoms with van der Waals surface area (Å²) >= 11 is 1.93. The largest absolute Gasteiger partial charge is 0.484 e. The van der Waals surface area contributed by atoms with Crippen molar-refractivity contribution in [1.82, 2.24) is 4.90 Å². The maximum absolute atomic E-state index is 10.7. The maximum Gasteiger partial charge on any atom is 0.255 e. The second kappa shape index (κ2) is 9.78. The van der Waals surface area contributed by atoms with Crippen molar-refractivity contribution in [1.29, 1.82) is 0 Å². The number of halogens is 1. The minimum atomic E-state index is -0.495. The van der Waals surface area contributed by atoms with E-state index in [0.717, 1.165) is 30.2 Å². The predicted octanol–water partition coefficient (Wildman–Crippen LogP) is 1.03. The minimum Gasteiger partial charge on any atom is -0.484 e. The monoisotopic (exact) mass is 436 g/mol. The Kier molecular flexibility index (Phi) is 8.39. The second-order valence-corrected chi connectivity index (χ2v) is 5.90. The van der Waals surface area contributed by atoms with E-state index in [-0.39, 0.29) is 30.6 Å². The highest BCUT2D eigenvalue weighted by atomic mass is 127. The summed E-state index contributed by atoms with van der Waals surface area (Å²) < 4.78 is 5.26. The lowest BCUT2D eigenvalue weighted by Crippen LogP contribution is -2.42. The number of carbonyl (C=O) groups excluding carboxylic acids is 1. The number of thioether (sulfide) groups is 1. The van der Waals surface area contributed by atoms with Crippen LogP contribution in [0, 0.1) is 0 Å². The van der Waals surface area contributed by atoms with Crippen LogP contribution in [0.15, 0.2) is 29.3 Å². The van der Waals surface area contributed by atoms with E-state index in [2.05, 4.69) is 9.89 Å². The molecule has 6 nitrogen and oxygen atoms in total. The molecule has 0 aliphatic carbocycles. The van der Waals surface area contributed by atoms with Crippen LogP contribution >= 0.6 is 35.7 Å². The molecule has 1 aliphatic heterocycles. The van der Waals surface area contributed by atoms with Crippen LogP contribution in [0.25, 0.3) is 0 Å². The summed E-state index contributed by atoms with van der Waals surface area (Å²) in [5.41, 5.74) is 12.0. The molecular weight excluding hydrogens is 415 g/mol. The molecule has 2 rings (SSSR count). The summed E-state index contributed by atoms with van der Waals surface area (Å²) in [6.07, 6.45) is 0. The van der Waals surface area contributed by atoms with E-state index in [4.69, 9.17) is 16.2 Å². The number of aliphatic imine (C=N–C) groups is 1. The number of guanidine groups is 1. The number of ether oxygens (including phenoxy) is 1. The van der Waals surface area contributed by atoms with Crippen molar-refractivity contribution in [2.45, 2.75) is 6.54 Å². The van der Waals surface area contributed by atoms with Crippen molar-refractivity contribution in [2.24, 2.45) is 16.5 Å². The minimum absolute atomic E-state index is 0. The summed E-state index contributed by atoms with van der Waals surface area (Å²) in [6.45, 7) is 2.26. The summed E-state index contributed by atoms with van der Waals surface area (Å²) in [6, 6.07) is 7.42. The number of primary amides is 1. The zero-order valence-electron chi connectivity index (χ0n) is 12.2. The number of amides is 1. The Morgan fingerprint density at radius 2 is 2.05 bits per heavy atom. The molecule has 0 unspecified atom stereocenters. The maximum atomic E-state index is 10.7. The standard InChI is InChI=1S/C14H20N4O2S.HI/c15-13(19)10-20-12-3-1-2-11(8-12)9-17-14(16)18-4-6-21-7-5-18;/h1-3,8H,4-7,9-10H2,(H2,15,19)(H2,16,17);1H. The van der Waals surface area contributed by atoms with Gasteiger partial charge in [-0.25, -0.2) is 4.99 Å². The van der Waals surface area contributed by atoms with E-state index in [1.54, 1.807) is 6.07 Å². The third kappa shape index (κ3) is 6.30. The average molecular weight is 436 g/mol. The summed E-state index contributed by atoms with van der Waals surface area (Å²) in [7, 11) is 0. The molecule has 1 fully saturated rings. The molecule has 0 radical (unpaired) electrons. The van der Waals surface area contributed by atoms with Crippen LogP contribution in [0.4, 0.5) is 0 Å². The van der Waals surface area contributed by atoms with Crippen LogP contribution in [0.1, 0.15) is 5.56 Å². The van der Waals surface area contributed by atoms with E-state index < -0.39 is 5.91 Å². The first-order valence-corrected chi connectivity index (χ1v) is 7.93. The third-order valence-corrected chi connectivity index (χ3v) is 3.98. The fourth-order valence-electron chi connectivity index (χ4n) is 1.95. The normalized spacial score (nSPS) is 15.1. The van der Waals surface area contributed by atoms with Crippen LogP contribution in [0.5, 0.6) is 5.75 Å². The molecule has 22 heavy (non-hydrogen) atoms. The van der Waals surface area contributed by atoms with E-state index in [1.807, 2.05) is 30.0 Å². The summed E-state index contributed by atoms with van der Waals surface area (Å²) in [4.78, 5) is 17.2. The van der Waals surface area contributed by atoms with Gasteiger partial charge in [-0.15, -0.1) is 24.0 Å². The molecule has 8 heteroatoms. The van der Waals surface area contributed by atoms with Crippen LogP contribution in [-0.4, -0.2) is 48.0 Å². The van der Waals surface area contributed by atoms with Gasteiger partial charge in [0, 0.05) is 24.6 Å². The molecule has 1 saturated heterocycles. The van der Waals surface area contributed by atoms with Crippen LogP contribution in [-0.2, 0) is 11.3 Å². The van der Waals surface area contributed by atoms with Gasteiger partial charge in [0.15, 0.2) is 12.6 Å². The summed E-state index contributed by atoms with van der Waals surface area (Å²) in [5.74, 6) is 2.87. The lowest BCUT2D eigenvalue weighted by Gasteiger charge is -2.27. The molecule has 0 spiro atoms. The van der Waals surface area contributed by atoms with E-state index >= 15 is 0 Å². The molecule has 1 amide bonds. The molecule has 122 valence electrons. The van der Waals surface area contributed by atoms with Gasteiger partial charge in [-0.2, -0.15) is 11.8 Å². The van der Waals surface area contributed by atoms with Crippen LogP contribution in [0.2, 0.25) is 0 Å². The topological polar surface area (TPSA) is 93.9 Å². The molecule has 1 aromatic carbocycles. The van der Waals surface area contributed by atoms with Gasteiger partial charge in [-0.1, -0.05) is 12.1 Å². The molecule has 0 atom stereocenters. The number of hydrogen-bond acceptors (Lipinski definition) is 4. The molecule has 0 bridgehead atoms. The van der Waals surface area contributed by atoms with E-state index in [0.29, 0.717) is 18.3 Å². The Hall–Kier alpha value is -1.16. The number of hydrogen-bond donors (Lipinski definition) is 2. The van der Waals surface area contributed by atoms with Gasteiger partial charge in [0.05, 0.1) is 6.54 Å². The first-order valence-electron chi connectivity index (χ1n) is 6.78. The average Bonchev–Trinajstić information content (AvgIpc) is 2.52. The lowest BCUT2D eigenvalue weighted by atomic mass is 10.2. The highest BCUT2D eigenvalue weighted by Gasteiger charge is 2.11. The zero-order valence-corrected chi connectivity index (χ0v) is 15.4. The molecule has 0 aromatic heterocycles. The molecule has 1 heterocycles. The summed E-state index contributed by atoms with van der Waals surface area (Å²) in [5, 5.41) is 0. The lowest BCUT2D eigenvalue weighted by molar-refractivity contribution is -0.119. The fraction of sp³-hybridized carbons (Fsp3) is 0.429. The van der Waals surface area contributed by atoms with Gasteiger partial charge in [-0.05, 0) is 17.7 Å². The van der Waals surface area contributed by atoms with Crippen molar-refractivity contribution < 1.29 is 9.53 Å². The Morgan fingerprint density at radius 1 is 1.32 bits per heavy atom. The number of nitrogens with zero attached hydrogens (tertiary/aromatic N) is 2. The van der Waals surface area contributed by atoms with Crippen molar-refractivity contribution >= 4 is 47.6 Å². The Bertz CT molecular complexity index is 521. The molecule has 1 aromatic rings. The Balaban J connectivity index is 0.00000242. The van der Waals surface area contributed by atoms with Crippen LogP contribution in [0.3, 0.4) is 0 Å². The van der Waals surface area contributed by atoms with Gasteiger partial charge in [0.25, 0.3) is 5.91 Å². The van der Waals surface area contributed by atoms with Gasteiger partial charge < -0.3 is 21.1 Å². The van der Waals surface area contributed by atoms with Gasteiger partial charge in [-0.3, -0.25) is 4.79 Å². The highest BCUT2D eigenvalue weighted by Crippen LogP contribution is 2.14. The Labute approximate surface area is 151 Å². The smallest absolute Gasteiger partial charge is 0.255 e. The quantitative estimate of drug-likeness (QED) is 0.409. The number of benzene rings is 1. The zero-order chi connectivity index (χ0) is 15.1. The third-order valence-electron chi connectivity index (χ3n) is 3.04. The number of nitrogens with two attached hydrogens (primary N) is 2. The van der Waals surface area contributed by atoms with Gasteiger partial charge >= 0.3 is 0 Å². The van der Waals surface area contributed by atoms with Crippen molar-refractivity contribution in [3.8, 4) is 5.75 Å². The fourth-order valence-corrected chi connectivity index (χ4v) is 2.86. The SMILES string of the molecule is I.NC(=O)COc1cccc(CN=C(N)N2CCSCC2)c1. The molecule has 0 saturated carbocycles. The van der Waals surface area contributed by atoms with E-state index in [1.165, 1.54) is 0 Å². The van der Waals surface area contributed by atoms with Crippen molar-refractivity contribution in [3.63, 3.8) is 0 Å². The van der Waals surface area contributed by atoms with Gasteiger partial charge in [0.2, 0.25) is 0 Å². The van der Waals surface area contributed by atoms with Gasteiger partial charge in [0.1, 0.15) is 5.75 Å². The van der Waals surface area contributed by atoms with Crippen molar-refractivity contribution in [2.75, 3.05) is 31.2 Å². The first kappa shape index (κ1) is 18.9. The Morgan fingerprint density at radius 3 is 2.73 bits per heavy atom. The number of carbonyl (C=O) groups is 1. The second-order valence-electron chi connectivity index (χ2n) is 4.68. The van der Waals surface area contributed by atoms with Crippen LogP contribution < -0.4 is 16.2 Å². The highest BCUT2D eigenvalue weighted by molar-refractivity contribution is 14.0. The first-order chi connectivity index (χ1) is 10.1. The molecule has 1 aliphatic rings. The molecule has 4 N–H and O–H groups in total. The molecular formula is C14H21IN4O2S. The van der Waals surface area contributed by atoms with E-state index in [9.17, 15) is 4.79 Å². The van der Waals surface area contributed by atoms with Crippen molar-refractivity contribution in [3.05, 3.63) is 29.8 Å². The number of rotatable bonds is 5. The predicted molar refractivity (Wildman–Crippen MR) is 101 cm³/mol.